The van der Waals surface area contributed by atoms with Crippen molar-refractivity contribution in [3.63, 3.8) is 0 Å². The zero-order valence-electron chi connectivity index (χ0n) is 16.4. The number of halogens is 1. The number of carbonyl (C=O) groups is 2. The van der Waals surface area contributed by atoms with E-state index in [-0.39, 0.29) is 24.1 Å². The van der Waals surface area contributed by atoms with E-state index in [1.807, 2.05) is 24.3 Å². The van der Waals surface area contributed by atoms with Gasteiger partial charge in [0, 0.05) is 33.0 Å². The Hall–Kier alpha value is -2.89. The van der Waals surface area contributed by atoms with Gasteiger partial charge in [-0.15, -0.1) is 0 Å². The summed E-state index contributed by atoms with van der Waals surface area (Å²) in [7, 11) is 1.62. The molecule has 5 nitrogen and oxygen atoms in total. The summed E-state index contributed by atoms with van der Waals surface area (Å²) in [6.45, 7) is 2.75. The van der Waals surface area contributed by atoms with Crippen LogP contribution < -0.4 is 10.1 Å². The van der Waals surface area contributed by atoms with Crippen LogP contribution in [0.15, 0.2) is 48.5 Å². The van der Waals surface area contributed by atoms with Crippen molar-refractivity contribution in [2.24, 2.45) is 0 Å². The molecule has 2 amide bonds. The van der Waals surface area contributed by atoms with Gasteiger partial charge in [0.15, 0.2) is 0 Å². The van der Waals surface area contributed by atoms with E-state index >= 15 is 0 Å². The van der Waals surface area contributed by atoms with Crippen LogP contribution in [-0.4, -0.2) is 43.5 Å². The molecule has 0 aliphatic heterocycles. The smallest absolute Gasteiger partial charge is 0.221 e. The Morgan fingerprint density at radius 1 is 1.07 bits per heavy atom. The molecule has 0 aliphatic rings. The van der Waals surface area contributed by atoms with Crippen molar-refractivity contribution in [3.8, 4) is 5.75 Å². The van der Waals surface area contributed by atoms with Gasteiger partial charge in [-0.2, -0.15) is 0 Å². The van der Waals surface area contributed by atoms with Crippen molar-refractivity contribution in [2.45, 2.75) is 26.2 Å². The number of nitrogens with one attached hydrogen (secondary N) is 1. The van der Waals surface area contributed by atoms with E-state index in [0.717, 1.165) is 11.3 Å². The van der Waals surface area contributed by atoms with Gasteiger partial charge < -0.3 is 15.0 Å². The second-order valence-electron chi connectivity index (χ2n) is 6.55. The standard InChI is InChI=1S/C22H27FN2O3/c1-17(26)25(14-11-18-6-5-8-20(16-18)28-2)15-12-22(27)24-13-10-19-7-3-4-9-21(19)23/h3-9,16H,10-15H2,1-2H3,(H,24,27). The lowest BCUT2D eigenvalue weighted by molar-refractivity contribution is -0.129. The Balaban J connectivity index is 1.75. The Morgan fingerprint density at radius 3 is 2.57 bits per heavy atom. The van der Waals surface area contributed by atoms with Gasteiger partial charge in [-0.25, -0.2) is 4.39 Å². The van der Waals surface area contributed by atoms with Crippen LogP contribution in [0.2, 0.25) is 0 Å². The zero-order valence-corrected chi connectivity index (χ0v) is 16.4. The topological polar surface area (TPSA) is 58.6 Å². The summed E-state index contributed by atoms with van der Waals surface area (Å²) >= 11 is 0. The molecule has 150 valence electrons. The third kappa shape index (κ3) is 7.02. The summed E-state index contributed by atoms with van der Waals surface area (Å²) in [4.78, 5) is 25.6. The molecule has 0 spiro atoms. The van der Waals surface area contributed by atoms with Gasteiger partial charge in [0.1, 0.15) is 11.6 Å². The van der Waals surface area contributed by atoms with Crippen LogP contribution >= 0.6 is 0 Å². The highest BCUT2D eigenvalue weighted by molar-refractivity contribution is 5.78. The lowest BCUT2D eigenvalue weighted by Crippen LogP contribution is -2.35. The van der Waals surface area contributed by atoms with E-state index in [1.54, 1.807) is 30.2 Å². The maximum absolute atomic E-state index is 13.6. The average molecular weight is 386 g/mol. The van der Waals surface area contributed by atoms with Crippen LogP contribution in [0.4, 0.5) is 4.39 Å². The molecular weight excluding hydrogens is 359 g/mol. The van der Waals surface area contributed by atoms with Gasteiger partial charge in [0.25, 0.3) is 0 Å². The monoisotopic (exact) mass is 386 g/mol. The highest BCUT2D eigenvalue weighted by Crippen LogP contribution is 2.13. The predicted molar refractivity (Wildman–Crippen MR) is 107 cm³/mol. The molecule has 0 aliphatic carbocycles. The third-order valence-electron chi connectivity index (χ3n) is 4.53. The summed E-state index contributed by atoms with van der Waals surface area (Å²) < 4.78 is 18.8. The van der Waals surface area contributed by atoms with E-state index in [1.165, 1.54) is 13.0 Å². The number of amides is 2. The molecule has 0 saturated heterocycles. The molecule has 0 unspecified atom stereocenters. The fraction of sp³-hybridized carbons (Fsp3) is 0.364. The minimum atomic E-state index is -0.267. The number of benzene rings is 2. The minimum Gasteiger partial charge on any atom is -0.497 e. The van der Waals surface area contributed by atoms with Crippen LogP contribution in [0, 0.1) is 5.82 Å². The van der Waals surface area contributed by atoms with Crippen molar-refractivity contribution >= 4 is 11.8 Å². The first kappa shape index (κ1) is 21.4. The first-order chi connectivity index (χ1) is 13.5. The minimum absolute atomic E-state index is 0.0675. The van der Waals surface area contributed by atoms with E-state index in [0.29, 0.717) is 38.0 Å². The fourth-order valence-corrected chi connectivity index (χ4v) is 2.88. The molecule has 2 rings (SSSR count). The molecule has 0 atom stereocenters. The first-order valence-corrected chi connectivity index (χ1v) is 9.38. The molecule has 0 heterocycles. The van der Waals surface area contributed by atoms with Crippen LogP contribution in [0.5, 0.6) is 5.75 Å². The first-order valence-electron chi connectivity index (χ1n) is 9.38. The van der Waals surface area contributed by atoms with Crippen LogP contribution in [0.25, 0.3) is 0 Å². The molecule has 28 heavy (non-hydrogen) atoms. The SMILES string of the molecule is COc1cccc(CCN(CCC(=O)NCCc2ccccc2F)C(C)=O)c1. The number of hydrogen-bond donors (Lipinski definition) is 1. The summed E-state index contributed by atoms with van der Waals surface area (Å²) in [5, 5.41) is 2.78. The summed E-state index contributed by atoms with van der Waals surface area (Å²) in [5.41, 5.74) is 1.64. The van der Waals surface area contributed by atoms with Gasteiger partial charge in [-0.05, 0) is 42.2 Å². The lowest BCUT2D eigenvalue weighted by atomic mass is 10.1. The summed E-state index contributed by atoms with van der Waals surface area (Å²) in [6, 6.07) is 14.2. The zero-order chi connectivity index (χ0) is 20.4. The molecule has 0 bridgehead atoms. The predicted octanol–water partition coefficient (Wildman–Crippen LogP) is 2.97. The quantitative estimate of drug-likeness (QED) is 0.683. The van der Waals surface area contributed by atoms with E-state index in [4.69, 9.17) is 4.74 Å². The molecule has 0 aromatic heterocycles. The van der Waals surface area contributed by atoms with Gasteiger partial charge in [0.05, 0.1) is 7.11 Å². The second-order valence-corrected chi connectivity index (χ2v) is 6.55. The van der Waals surface area contributed by atoms with Crippen molar-refractivity contribution in [1.82, 2.24) is 10.2 Å². The van der Waals surface area contributed by atoms with Crippen LogP contribution in [0.1, 0.15) is 24.5 Å². The third-order valence-corrected chi connectivity index (χ3v) is 4.53. The molecule has 0 radical (unpaired) electrons. The van der Waals surface area contributed by atoms with Crippen LogP contribution in [-0.2, 0) is 22.4 Å². The van der Waals surface area contributed by atoms with Crippen molar-refractivity contribution < 1.29 is 18.7 Å². The Bertz CT molecular complexity index is 795. The van der Waals surface area contributed by atoms with E-state index in [2.05, 4.69) is 5.32 Å². The molecule has 2 aromatic rings. The Kier molecular flexibility index (Phi) is 8.46. The highest BCUT2D eigenvalue weighted by atomic mass is 19.1. The summed E-state index contributed by atoms with van der Waals surface area (Å²) in [5.74, 6) is 0.296. The second kappa shape index (κ2) is 11.1. The average Bonchev–Trinajstić information content (AvgIpc) is 2.69. The van der Waals surface area contributed by atoms with Gasteiger partial charge in [0.2, 0.25) is 11.8 Å². The molecule has 1 N–H and O–H groups in total. The van der Waals surface area contributed by atoms with Crippen molar-refractivity contribution in [3.05, 3.63) is 65.5 Å². The van der Waals surface area contributed by atoms with E-state index in [9.17, 15) is 14.0 Å². The van der Waals surface area contributed by atoms with Crippen LogP contribution in [0.3, 0.4) is 0 Å². The maximum atomic E-state index is 13.6. The maximum Gasteiger partial charge on any atom is 0.221 e. The fourth-order valence-electron chi connectivity index (χ4n) is 2.88. The van der Waals surface area contributed by atoms with Crippen molar-refractivity contribution in [2.75, 3.05) is 26.7 Å². The summed E-state index contributed by atoms with van der Waals surface area (Å²) in [6.07, 6.45) is 1.34. The molecule has 6 heteroatoms. The van der Waals surface area contributed by atoms with Gasteiger partial charge >= 0.3 is 0 Å². The largest absolute Gasteiger partial charge is 0.497 e. The van der Waals surface area contributed by atoms with Gasteiger partial charge in [-0.1, -0.05) is 30.3 Å². The number of methoxy groups -OCH3 is 1. The molecule has 0 fully saturated rings. The number of nitrogens with zero attached hydrogens (tertiary/aromatic N) is 1. The number of hydrogen-bond acceptors (Lipinski definition) is 3. The Labute approximate surface area is 165 Å². The van der Waals surface area contributed by atoms with Crippen molar-refractivity contribution in [1.29, 1.82) is 0 Å². The number of ether oxygens (including phenoxy) is 1. The lowest BCUT2D eigenvalue weighted by Gasteiger charge is -2.21. The Morgan fingerprint density at radius 2 is 1.86 bits per heavy atom. The van der Waals surface area contributed by atoms with Gasteiger partial charge in [-0.3, -0.25) is 9.59 Å². The normalized spacial score (nSPS) is 10.4. The van der Waals surface area contributed by atoms with E-state index < -0.39 is 0 Å². The number of carbonyl (C=O) groups excluding carboxylic acids is 2. The highest BCUT2D eigenvalue weighted by Gasteiger charge is 2.12. The molecule has 0 saturated carbocycles. The molecular formula is C22H27FN2O3. The molecule has 2 aromatic carbocycles. The number of rotatable bonds is 10.